The van der Waals surface area contributed by atoms with E-state index in [-0.39, 0.29) is 0 Å². The van der Waals surface area contributed by atoms with Crippen LogP contribution in [-0.2, 0) is 0 Å². The van der Waals surface area contributed by atoms with Crippen molar-refractivity contribution in [2.75, 3.05) is 13.1 Å². The zero-order valence-corrected chi connectivity index (χ0v) is 7.03. The van der Waals surface area contributed by atoms with Gasteiger partial charge in [0.1, 0.15) is 7.28 Å². The Morgan fingerprint density at radius 1 is 1.20 bits per heavy atom. The van der Waals surface area contributed by atoms with E-state index in [0.29, 0.717) is 0 Å². The van der Waals surface area contributed by atoms with Gasteiger partial charge in [-0.05, 0) is 25.9 Å². The van der Waals surface area contributed by atoms with Gasteiger partial charge in [0.05, 0.1) is 0 Å². The topological polar surface area (TPSA) is 12.0 Å². The van der Waals surface area contributed by atoms with Gasteiger partial charge in [-0.25, -0.2) is 0 Å². The lowest BCUT2D eigenvalue weighted by Crippen LogP contribution is -2.20. The molecule has 1 N–H and O–H groups in total. The average molecular weight is 139 g/mol. The minimum Gasteiger partial charge on any atom is -0.317 e. The maximum atomic E-state index is 3.43. The molecule has 0 aliphatic carbocycles. The van der Waals surface area contributed by atoms with Crippen molar-refractivity contribution in [2.24, 2.45) is 0 Å². The normalized spacial score (nSPS) is 23.3. The molecule has 0 spiro atoms. The fraction of sp³-hybridized carbons (Fsp3) is 1.00. The SMILES string of the molecule is CBC1CCCNCCC1. The Bertz CT molecular complexity index is 77.3. The van der Waals surface area contributed by atoms with Gasteiger partial charge in [-0.2, -0.15) is 0 Å². The second-order valence-corrected chi connectivity index (χ2v) is 3.31. The van der Waals surface area contributed by atoms with Gasteiger partial charge >= 0.3 is 0 Å². The van der Waals surface area contributed by atoms with Crippen LogP contribution in [0.5, 0.6) is 0 Å². The fourth-order valence-electron chi connectivity index (χ4n) is 1.71. The van der Waals surface area contributed by atoms with E-state index in [2.05, 4.69) is 12.1 Å². The molecule has 1 saturated heterocycles. The standard InChI is InChI=1S/C8H18BN/c1-9-8-4-2-6-10-7-3-5-8/h8-10H,2-7H2,1H3. The van der Waals surface area contributed by atoms with Crippen molar-refractivity contribution in [1.82, 2.24) is 5.32 Å². The first-order valence-corrected chi connectivity index (χ1v) is 4.64. The summed E-state index contributed by atoms with van der Waals surface area (Å²) in [6.07, 6.45) is 5.67. The Morgan fingerprint density at radius 3 is 2.30 bits per heavy atom. The molecule has 0 aromatic rings. The van der Waals surface area contributed by atoms with Crippen LogP contribution in [-0.4, -0.2) is 20.4 Å². The first kappa shape index (κ1) is 8.12. The summed E-state index contributed by atoms with van der Waals surface area (Å²) < 4.78 is 0. The van der Waals surface area contributed by atoms with Gasteiger partial charge in [0.2, 0.25) is 0 Å². The van der Waals surface area contributed by atoms with Gasteiger partial charge in [-0.1, -0.05) is 25.5 Å². The molecule has 0 bridgehead atoms. The molecule has 0 radical (unpaired) electrons. The molecule has 0 amide bonds. The van der Waals surface area contributed by atoms with Crippen molar-refractivity contribution in [3.8, 4) is 0 Å². The van der Waals surface area contributed by atoms with Gasteiger partial charge in [-0.15, -0.1) is 0 Å². The van der Waals surface area contributed by atoms with Crippen molar-refractivity contribution in [2.45, 2.75) is 38.3 Å². The van der Waals surface area contributed by atoms with E-state index in [0.717, 1.165) is 5.82 Å². The van der Waals surface area contributed by atoms with E-state index in [4.69, 9.17) is 0 Å². The number of hydrogen-bond acceptors (Lipinski definition) is 1. The predicted octanol–water partition coefficient (Wildman–Crippen LogP) is 1.42. The molecule has 1 aliphatic heterocycles. The molecule has 0 saturated carbocycles. The van der Waals surface area contributed by atoms with Crippen LogP contribution in [0.3, 0.4) is 0 Å². The first-order chi connectivity index (χ1) is 4.93. The quantitative estimate of drug-likeness (QED) is 0.541. The minimum absolute atomic E-state index is 1.03. The van der Waals surface area contributed by atoms with Crippen molar-refractivity contribution < 1.29 is 0 Å². The Balaban J connectivity index is 2.16. The second kappa shape index (κ2) is 4.78. The van der Waals surface area contributed by atoms with Gasteiger partial charge in [0, 0.05) is 0 Å². The summed E-state index contributed by atoms with van der Waals surface area (Å²) >= 11 is 0. The number of nitrogens with one attached hydrogen (secondary N) is 1. The lowest BCUT2D eigenvalue weighted by molar-refractivity contribution is 0.514. The molecule has 58 valence electrons. The third-order valence-corrected chi connectivity index (χ3v) is 2.51. The van der Waals surface area contributed by atoms with E-state index in [1.54, 1.807) is 0 Å². The van der Waals surface area contributed by atoms with Crippen molar-refractivity contribution in [3.63, 3.8) is 0 Å². The molecule has 1 nitrogen and oxygen atoms in total. The highest BCUT2D eigenvalue weighted by Gasteiger charge is 2.08. The third-order valence-electron chi connectivity index (χ3n) is 2.51. The summed E-state index contributed by atoms with van der Waals surface area (Å²) in [5.41, 5.74) is 0. The number of hydrogen-bond donors (Lipinski definition) is 1. The molecule has 0 aromatic heterocycles. The summed E-state index contributed by atoms with van der Waals surface area (Å²) in [5.74, 6) is 1.03. The van der Waals surface area contributed by atoms with Crippen LogP contribution in [0.4, 0.5) is 0 Å². The summed E-state index contributed by atoms with van der Waals surface area (Å²) in [5, 5.41) is 3.43. The minimum atomic E-state index is 1.03. The van der Waals surface area contributed by atoms with E-state index in [9.17, 15) is 0 Å². The van der Waals surface area contributed by atoms with Crippen molar-refractivity contribution in [1.29, 1.82) is 0 Å². The maximum Gasteiger partial charge on any atom is 0.120 e. The van der Waals surface area contributed by atoms with Crippen LogP contribution in [0.2, 0.25) is 12.6 Å². The average Bonchev–Trinajstić information content (AvgIpc) is 1.87. The predicted molar refractivity (Wildman–Crippen MR) is 48.1 cm³/mol. The zero-order valence-electron chi connectivity index (χ0n) is 7.03. The molecular weight excluding hydrogens is 121 g/mol. The van der Waals surface area contributed by atoms with Crippen LogP contribution in [0, 0.1) is 0 Å². The van der Waals surface area contributed by atoms with Crippen LogP contribution in [0.25, 0.3) is 0 Å². The smallest absolute Gasteiger partial charge is 0.120 e. The van der Waals surface area contributed by atoms with Gasteiger partial charge in [0.25, 0.3) is 0 Å². The van der Waals surface area contributed by atoms with Crippen LogP contribution in [0.1, 0.15) is 25.7 Å². The Morgan fingerprint density at radius 2 is 1.80 bits per heavy atom. The van der Waals surface area contributed by atoms with Crippen LogP contribution >= 0.6 is 0 Å². The lowest BCUT2D eigenvalue weighted by atomic mass is 9.63. The van der Waals surface area contributed by atoms with Crippen molar-refractivity contribution >= 4 is 7.28 Å². The molecule has 2 heteroatoms. The first-order valence-electron chi connectivity index (χ1n) is 4.64. The second-order valence-electron chi connectivity index (χ2n) is 3.31. The highest BCUT2D eigenvalue weighted by molar-refractivity contribution is 6.35. The molecular formula is C8H18BN. The molecule has 10 heavy (non-hydrogen) atoms. The van der Waals surface area contributed by atoms with E-state index in [1.165, 1.54) is 46.1 Å². The van der Waals surface area contributed by atoms with E-state index >= 15 is 0 Å². The monoisotopic (exact) mass is 139 g/mol. The van der Waals surface area contributed by atoms with E-state index in [1.807, 2.05) is 0 Å². The molecule has 0 aromatic carbocycles. The molecule has 1 rings (SSSR count). The summed E-state index contributed by atoms with van der Waals surface area (Å²) in [6.45, 7) is 4.81. The molecule has 1 fully saturated rings. The Hall–Kier alpha value is 0.0249. The zero-order chi connectivity index (χ0) is 7.23. The number of rotatable bonds is 1. The lowest BCUT2D eigenvalue weighted by Gasteiger charge is -2.17. The van der Waals surface area contributed by atoms with Crippen LogP contribution < -0.4 is 5.32 Å². The highest BCUT2D eigenvalue weighted by atomic mass is 14.8. The highest BCUT2D eigenvalue weighted by Crippen LogP contribution is 2.19. The molecule has 1 heterocycles. The summed E-state index contributed by atoms with van der Waals surface area (Å²) in [7, 11) is 1.39. The largest absolute Gasteiger partial charge is 0.317 e. The Labute approximate surface area is 64.8 Å². The Kier molecular flexibility index (Phi) is 3.88. The summed E-state index contributed by atoms with van der Waals surface area (Å²) in [6, 6.07) is 0. The van der Waals surface area contributed by atoms with E-state index < -0.39 is 0 Å². The molecule has 1 aliphatic rings. The third kappa shape index (κ3) is 2.74. The van der Waals surface area contributed by atoms with Crippen molar-refractivity contribution in [3.05, 3.63) is 0 Å². The summed E-state index contributed by atoms with van der Waals surface area (Å²) in [4.78, 5) is 0. The molecule has 0 unspecified atom stereocenters. The van der Waals surface area contributed by atoms with Gasteiger partial charge < -0.3 is 5.32 Å². The van der Waals surface area contributed by atoms with Gasteiger partial charge in [-0.3, -0.25) is 0 Å². The fourth-order valence-corrected chi connectivity index (χ4v) is 1.71. The van der Waals surface area contributed by atoms with Crippen LogP contribution in [0.15, 0.2) is 0 Å². The van der Waals surface area contributed by atoms with Gasteiger partial charge in [0.15, 0.2) is 0 Å². The molecule has 0 atom stereocenters. The maximum absolute atomic E-state index is 3.43.